The molecular weight excluding hydrogens is 388 g/mol. The second-order valence-electron chi connectivity index (χ2n) is 6.49. The topological polar surface area (TPSA) is 94.4 Å². The van der Waals surface area contributed by atoms with E-state index in [9.17, 15) is 13.2 Å². The van der Waals surface area contributed by atoms with Gasteiger partial charge in [-0.25, -0.2) is 8.42 Å². The molecule has 1 fully saturated rings. The van der Waals surface area contributed by atoms with E-state index in [1.807, 2.05) is 6.07 Å². The third kappa shape index (κ3) is 2.70. The monoisotopic (exact) mass is 402 g/mol. The van der Waals surface area contributed by atoms with Crippen LogP contribution >= 0.6 is 11.6 Å². The summed E-state index contributed by atoms with van der Waals surface area (Å²) in [6.07, 6.45) is 1.63. The molecule has 0 radical (unpaired) electrons. The molecule has 3 heterocycles. The molecular formula is C18H15ClN4O3S. The van der Waals surface area contributed by atoms with Gasteiger partial charge in [0.15, 0.2) is 0 Å². The molecule has 1 saturated heterocycles. The number of sulfonamides is 1. The summed E-state index contributed by atoms with van der Waals surface area (Å²) in [5.41, 5.74) is 2.31. The number of piperazine rings is 1. The average Bonchev–Trinajstić information content (AvgIpc) is 2.94. The van der Waals surface area contributed by atoms with E-state index in [-0.39, 0.29) is 35.0 Å². The number of nitriles is 1. The lowest BCUT2D eigenvalue weighted by atomic mass is 10.0. The number of amides is 1. The second-order valence-corrected chi connectivity index (χ2v) is 8.81. The smallest absolute Gasteiger partial charge is 0.256 e. The highest BCUT2D eigenvalue weighted by Crippen LogP contribution is 2.38. The van der Waals surface area contributed by atoms with Crippen molar-refractivity contribution >= 4 is 27.5 Å². The molecule has 4 rings (SSSR count). The van der Waals surface area contributed by atoms with Crippen molar-refractivity contribution in [3.05, 3.63) is 57.9 Å². The number of benzene rings is 1. The minimum atomic E-state index is -3.85. The molecule has 9 heteroatoms. The van der Waals surface area contributed by atoms with E-state index >= 15 is 0 Å². The summed E-state index contributed by atoms with van der Waals surface area (Å²) < 4.78 is 27.5. The summed E-state index contributed by atoms with van der Waals surface area (Å²) in [4.78, 5) is 18.5. The molecule has 138 valence electrons. The first-order valence-electron chi connectivity index (χ1n) is 8.31. The highest BCUT2D eigenvalue weighted by molar-refractivity contribution is 7.89. The van der Waals surface area contributed by atoms with Gasteiger partial charge in [-0.3, -0.25) is 9.78 Å². The zero-order valence-corrected chi connectivity index (χ0v) is 16.0. The standard InChI is InChI=1S/C18H15ClN4O3S/c1-11-17-13(4-5-21-11)15-10-22(6-7-23(15)18(17)24)27(25,26)16-3-2-12(9-20)8-14(16)19/h2-5,8,15H,6-7,10H2,1H3. The van der Waals surface area contributed by atoms with Gasteiger partial charge >= 0.3 is 0 Å². The van der Waals surface area contributed by atoms with Crippen molar-refractivity contribution in [2.24, 2.45) is 0 Å². The highest BCUT2D eigenvalue weighted by Gasteiger charge is 2.44. The third-order valence-corrected chi connectivity index (χ3v) is 7.38. The van der Waals surface area contributed by atoms with Crippen LogP contribution in [0.1, 0.15) is 33.2 Å². The molecule has 7 nitrogen and oxygen atoms in total. The number of pyridine rings is 1. The molecule has 0 bridgehead atoms. The molecule has 1 atom stereocenters. The van der Waals surface area contributed by atoms with Gasteiger partial charge in [-0.1, -0.05) is 11.6 Å². The van der Waals surface area contributed by atoms with Gasteiger partial charge in [0.2, 0.25) is 10.0 Å². The fourth-order valence-corrected chi connectivity index (χ4v) is 5.65. The Morgan fingerprint density at radius 1 is 1.30 bits per heavy atom. The SMILES string of the molecule is Cc1nccc2c1C(=O)N1CCN(S(=O)(=O)c3ccc(C#N)cc3Cl)CC21. The van der Waals surface area contributed by atoms with Crippen molar-refractivity contribution in [1.82, 2.24) is 14.2 Å². The predicted octanol–water partition coefficient (Wildman–Crippen LogP) is 2.12. The van der Waals surface area contributed by atoms with Gasteiger partial charge in [0, 0.05) is 25.8 Å². The number of rotatable bonds is 2. The van der Waals surface area contributed by atoms with Crippen molar-refractivity contribution in [3.63, 3.8) is 0 Å². The lowest BCUT2D eigenvalue weighted by Gasteiger charge is -2.37. The van der Waals surface area contributed by atoms with Gasteiger partial charge in [-0.15, -0.1) is 0 Å². The first-order valence-corrected chi connectivity index (χ1v) is 10.1. The largest absolute Gasteiger partial charge is 0.329 e. The third-order valence-electron chi connectivity index (χ3n) is 5.03. The van der Waals surface area contributed by atoms with E-state index in [1.165, 1.54) is 22.5 Å². The summed E-state index contributed by atoms with van der Waals surface area (Å²) in [5, 5.41) is 8.95. The van der Waals surface area contributed by atoms with Crippen LogP contribution in [0.25, 0.3) is 0 Å². The Labute approximate surface area is 161 Å². The maximum Gasteiger partial charge on any atom is 0.256 e. The number of carbonyl (C=O) groups excluding carboxylic acids is 1. The number of aryl methyl sites for hydroxylation is 1. The average molecular weight is 403 g/mol. The predicted molar refractivity (Wildman–Crippen MR) is 97.7 cm³/mol. The maximum absolute atomic E-state index is 13.1. The molecule has 2 aliphatic rings. The van der Waals surface area contributed by atoms with Crippen molar-refractivity contribution < 1.29 is 13.2 Å². The molecule has 1 unspecified atom stereocenters. The number of nitrogens with zero attached hydrogens (tertiary/aromatic N) is 4. The van der Waals surface area contributed by atoms with E-state index in [1.54, 1.807) is 24.1 Å². The Hall–Kier alpha value is -2.47. The number of halogens is 1. The lowest BCUT2D eigenvalue weighted by molar-refractivity contribution is 0.0628. The molecule has 27 heavy (non-hydrogen) atoms. The first kappa shape index (κ1) is 17.9. The zero-order chi connectivity index (χ0) is 19.3. The summed E-state index contributed by atoms with van der Waals surface area (Å²) in [6, 6.07) is 7.49. The summed E-state index contributed by atoms with van der Waals surface area (Å²) in [5.74, 6) is -0.103. The van der Waals surface area contributed by atoms with Crippen molar-refractivity contribution in [1.29, 1.82) is 5.26 Å². The van der Waals surface area contributed by atoms with Crippen LogP contribution in [0.3, 0.4) is 0 Å². The molecule has 1 amide bonds. The van der Waals surface area contributed by atoms with Gasteiger partial charge in [0.05, 0.1) is 34.0 Å². The molecule has 0 spiro atoms. The van der Waals surface area contributed by atoms with Crippen LogP contribution in [0, 0.1) is 18.3 Å². The van der Waals surface area contributed by atoms with Crippen LogP contribution in [-0.4, -0.2) is 48.1 Å². The number of hydrogen-bond donors (Lipinski definition) is 0. The minimum Gasteiger partial charge on any atom is -0.329 e. The van der Waals surface area contributed by atoms with Crippen LogP contribution in [0.4, 0.5) is 0 Å². The van der Waals surface area contributed by atoms with Gasteiger partial charge in [-0.2, -0.15) is 9.57 Å². The van der Waals surface area contributed by atoms with Gasteiger partial charge in [0.1, 0.15) is 4.90 Å². The van der Waals surface area contributed by atoms with E-state index < -0.39 is 10.0 Å². The van der Waals surface area contributed by atoms with E-state index in [2.05, 4.69) is 4.98 Å². The second kappa shape index (κ2) is 6.30. The number of aromatic nitrogens is 1. The summed E-state index contributed by atoms with van der Waals surface area (Å²) >= 11 is 6.12. The van der Waals surface area contributed by atoms with E-state index in [0.29, 0.717) is 23.4 Å². The molecule has 2 aliphatic heterocycles. The first-order chi connectivity index (χ1) is 12.8. The van der Waals surface area contributed by atoms with E-state index in [4.69, 9.17) is 16.9 Å². The summed E-state index contributed by atoms with van der Waals surface area (Å²) in [6.45, 7) is 2.41. The zero-order valence-electron chi connectivity index (χ0n) is 14.4. The normalized spacial score (nSPS) is 19.5. The van der Waals surface area contributed by atoms with Gasteiger partial charge in [0.25, 0.3) is 5.91 Å². The maximum atomic E-state index is 13.1. The minimum absolute atomic E-state index is 0.0134. The van der Waals surface area contributed by atoms with Crippen molar-refractivity contribution in [2.45, 2.75) is 17.9 Å². The number of carbonyl (C=O) groups is 1. The molecule has 0 aliphatic carbocycles. The number of fused-ring (bicyclic) bond motifs is 3. The molecule has 2 aromatic rings. The van der Waals surface area contributed by atoms with Gasteiger partial charge in [-0.05, 0) is 36.8 Å². The van der Waals surface area contributed by atoms with Crippen LogP contribution in [0.2, 0.25) is 5.02 Å². The fraction of sp³-hybridized carbons (Fsp3) is 0.278. The van der Waals surface area contributed by atoms with Crippen LogP contribution in [0.15, 0.2) is 35.4 Å². The quantitative estimate of drug-likeness (QED) is 0.766. The summed E-state index contributed by atoms with van der Waals surface area (Å²) in [7, 11) is -3.85. The van der Waals surface area contributed by atoms with Crippen LogP contribution < -0.4 is 0 Å². The Morgan fingerprint density at radius 3 is 2.78 bits per heavy atom. The Morgan fingerprint density at radius 2 is 2.07 bits per heavy atom. The lowest BCUT2D eigenvalue weighted by Crippen LogP contribution is -2.49. The highest BCUT2D eigenvalue weighted by atomic mass is 35.5. The fourth-order valence-electron chi connectivity index (χ4n) is 3.69. The van der Waals surface area contributed by atoms with Crippen molar-refractivity contribution in [2.75, 3.05) is 19.6 Å². The van der Waals surface area contributed by atoms with Crippen molar-refractivity contribution in [3.8, 4) is 6.07 Å². The van der Waals surface area contributed by atoms with Crippen LogP contribution in [0.5, 0.6) is 0 Å². The number of hydrogen-bond acceptors (Lipinski definition) is 5. The Bertz CT molecular complexity index is 1110. The molecule has 1 aromatic carbocycles. The van der Waals surface area contributed by atoms with Crippen LogP contribution in [-0.2, 0) is 10.0 Å². The Balaban J connectivity index is 1.70. The van der Waals surface area contributed by atoms with E-state index in [0.717, 1.165) is 5.56 Å². The molecule has 1 aromatic heterocycles. The molecule has 0 N–H and O–H groups in total. The molecule has 0 saturated carbocycles. The Kier molecular flexibility index (Phi) is 4.18. The van der Waals surface area contributed by atoms with Gasteiger partial charge < -0.3 is 4.90 Å².